The summed E-state index contributed by atoms with van der Waals surface area (Å²) in [5.41, 5.74) is 1.26. The van der Waals surface area contributed by atoms with Crippen molar-refractivity contribution in [1.82, 2.24) is 5.32 Å². The molecule has 1 aromatic carbocycles. The normalized spacial score (nSPS) is 12.6. The highest BCUT2D eigenvalue weighted by atomic mass is 32.1. The third-order valence-corrected chi connectivity index (χ3v) is 4.44. The Morgan fingerprint density at radius 2 is 1.95 bits per heavy atom. The summed E-state index contributed by atoms with van der Waals surface area (Å²) < 4.78 is 5.94. The molecule has 114 valence electrons. The molecule has 2 aromatic rings. The Morgan fingerprint density at radius 3 is 2.62 bits per heavy atom. The first-order chi connectivity index (χ1) is 10.2. The van der Waals surface area contributed by atoms with Crippen molar-refractivity contribution in [1.29, 1.82) is 0 Å². The highest BCUT2D eigenvalue weighted by Crippen LogP contribution is 2.29. The molecule has 0 aliphatic rings. The Hall–Kier alpha value is -1.32. The van der Waals surface area contributed by atoms with E-state index < -0.39 is 0 Å². The number of benzene rings is 1. The van der Waals surface area contributed by atoms with Gasteiger partial charge in [-0.1, -0.05) is 24.3 Å². The molecule has 1 heterocycles. The second-order valence-corrected chi connectivity index (χ2v) is 6.55. The van der Waals surface area contributed by atoms with Crippen LogP contribution in [-0.4, -0.2) is 13.2 Å². The Bertz CT molecular complexity index is 522. The molecule has 21 heavy (non-hydrogen) atoms. The van der Waals surface area contributed by atoms with Gasteiger partial charge >= 0.3 is 0 Å². The molecule has 1 aromatic heterocycles. The second-order valence-electron chi connectivity index (χ2n) is 5.52. The fourth-order valence-electron chi connectivity index (χ4n) is 2.52. The van der Waals surface area contributed by atoms with E-state index in [2.05, 4.69) is 54.9 Å². The molecule has 2 rings (SSSR count). The van der Waals surface area contributed by atoms with Crippen molar-refractivity contribution in [2.75, 3.05) is 7.05 Å². The van der Waals surface area contributed by atoms with Crippen LogP contribution in [-0.2, 0) is 6.42 Å². The van der Waals surface area contributed by atoms with Crippen molar-refractivity contribution in [3.63, 3.8) is 0 Å². The lowest BCUT2D eigenvalue weighted by atomic mass is 10.00. The molecular formula is C18H25NOS. The number of nitrogens with one attached hydrogen (secondary N) is 1. The van der Waals surface area contributed by atoms with Crippen LogP contribution < -0.4 is 10.1 Å². The lowest BCUT2D eigenvalue weighted by Crippen LogP contribution is -2.18. The van der Waals surface area contributed by atoms with Crippen molar-refractivity contribution in [3.05, 3.63) is 52.2 Å². The van der Waals surface area contributed by atoms with Crippen LogP contribution in [0.5, 0.6) is 5.75 Å². The molecule has 0 saturated carbocycles. The molecule has 0 fully saturated rings. The highest BCUT2D eigenvalue weighted by molar-refractivity contribution is 7.09. The van der Waals surface area contributed by atoms with Gasteiger partial charge in [-0.15, -0.1) is 11.3 Å². The van der Waals surface area contributed by atoms with E-state index in [1.54, 1.807) is 0 Å². The minimum atomic E-state index is 0.203. The minimum absolute atomic E-state index is 0.203. The molecule has 1 atom stereocenters. The Labute approximate surface area is 132 Å². The van der Waals surface area contributed by atoms with Crippen LogP contribution in [0.2, 0.25) is 0 Å². The van der Waals surface area contributed by atoms with Crippen LogP contribution in [0.25, 0.3) is 0 Å². The van der Waals surface area contributed by atoms with Crippen LogP contribution in [0.15, 0.2) is 41.8 Å². The second kappa shape index (κ2) is 8.20. The first kappa shape index (κ1) is 16.1. The maximum Gasteiger partial charge on any atom is 0.124 e. The lowest BCUT2D eigenvalue weighted by molar-refractivity contribution is 0.237. The maximum atomic E-state index is 5.94. The molecule has 0 bridgehead atoms. The van der Waals surface area contributed by atoms with Gasteiger partial charge in [0, 0.05) is 16.5 Å². The molecule has 0 aliphatic carbocycles. The quantitative estimate of drug-likeness (QED) is 0.755. The maximum absolute atomic E-state index is 5.94. The Morgan fingerprint density at radius 1 is 1.14 bits per heavy atom. The summed E-state index contributed by atoms with van der Waals surface area (Å²) in [6, 6.07) is 13.1. The van der Waals surface area contributed by atoms with E-state index in [0.717, 1.165) is 18.6 Å². The van der Waals surface area contributed by atoms with Crippen molar-refractivity contribution >= 4 is 11.3 Å². The number of para-hydroxylation sites is 1. The van der Waals surface area contributed by atoms with Crippen LogP contribution in [0.4, 0.5) is 0 Å². The topological polar surface area (TPSA) is 21.3 Å². The molecule has 0 aliphatic heterocycles. The minimum Gasteiger partial charge on any atom is -0.491 e. The van der Waals surface area contributed by atoms with Gasteiger partial charge in [-0.2, -0.15) is 0 Å². The number of aryl methyl sites for hydroxylation is 1. The van der Waals surface area contributed by atoms with Gasteiger partial charge in [0.1, 0.15) is 5.75 Å². The van der Waals surface area contributed by atoms with Crippen molar-refractivity contribution in [3.8, 4) is 5.75 Å². The Balaban J connectivity index is 1.99. The standard InChI is InChI=1S/C18H25NOS/c1-14(2)20-18-12-5-4-10-16(18)17(19-3)11-6-8-15-9-7-13-21-15/h4-5,7,9-10,12-14,17,19H,6,8,11H2,1-3H3. The predicted octanol–water partition coefficient (Wildman–Crippen LogP) is 4.82. The molecule has 0 saturated heterocycles. The van der Waals surface area contributed by atoms with Gasteiger partial charge in [-0.3, -0.25) is 0 Å². The molecule has 0 spiro atoms. The predicted molar refractivity (Wildman–Crippen MR) is 91.3 cm³/mol. The van der Waals surface area contributed by atoms with E-state index in [1.165, 1.54) is 16.9 Å². The fourth-order valence-corrected chi connectivity index (χ4v) is 3.27. The first-order valence-corrected chi connectivity index (χ1v) is 8.54. The summed E-state index contributed by atoms with van der Waals surface area (Å²) in [6.45, 7) is 4.14. The summed E-state index contributed by atoms with van der Waals surface area (Å²) in [5, 5.41) is 5.58. The van der Waals surface area contributed by atoms with Crippen LogP contribution >= 0.6 is 11.3 Å². The van der Waals surface area contributed by atoms with Gasteiger partial charge in [-0.05, 0) is 57.7 Å². The molecule has 2 nitrogen and oxygen atoms in total. The number of ether oxygens (including phenoxy) is 1. The summed E-state index contributed by atoms with van der Waals surface area (Å²) in [4.78, 5) is 1.47. The van der Waals surface area contributed by atoms with Gasteiger partial charge in [0.2, 0.25) is 0 Å². The third-order valence-electron chi connectivity index (χ3n) is 3.50. The van der Waals surface area contributed by atoms with E-state index in [9.17, 15) is 0 Å². The van der Waals surface area contributed by atoms with Crippen molar-refractivity contribution < 1.29 is 4.74 Å². The summed E-state index contributed by atoms with van der Waals surface area (Å²) >= 11 is 1.84. The molecule has 3 heteroatoms. The molecule has 0 amide bonds. The smallest absolute Gasteiger partial charge is 0.124 e. The van der Waals surface area contributed by atoms with Gasteiger partial charge < -0.3 is 10.1 Å². The van der Waals surface area contributed by atoms with Gasteiger partial charge in [0.25, 0.3) is 0 Å². The van der Waals surface area contributed by atoms with Crippen LogP contribution in [0.3, 0.4) is 0 Å². The number of thiophene rings is 1. The van der Waals surface area contributed by atoms with Gasteiger partial charge in [0.05, 0.1) is 6.10 Å². The molecule has 1 N–H and O–H groups in total. The first-order valence-electron chi connectivity index (χ1n) is 7.66. The van der Waals surface area contributed by atoms with Crippen LogP contribution in [0, 0.1) is 0 Å². The molecule has 0 radical (unpaired) electrons. The number of rotatable bonds is 8. The summed E-state index contributed by atoms with van der Waals surface area (Å²) in [6.07, 6.45) is 3.66. The number of hydrogen-bond donors (Lipinski definition) is 1. The summed E-state index contributed by atoms with van der Waals surface area (Å²) in [5.74, 6) is 1.00. The van der Waals surface area contributed by atoms with Gasteiger partial charge in [-0.25, -0.2) is 0 Å². The Kier molecular flexibility index (Phi) is 6.27. The lowest BCUT2D eigenvalue weighted by Gasteiger charge is -2.21. The zero-order valence-electron chi connectivity index (χ0n) is 13.1. The van der Waals surface area contributed by atoms with Crippen LogP contribution in [0.1, 0.15) is 43.2 Å². The van der Waals surface area contributed by atoms with Gasteiger partial charge in [0.15, 0.2) is 0 Å². The fraction of sp³-hybridized carbons (Fsp3) is 0.444. The SMILES string of the molecule is CNC(CCCc1cccs1)c1ccccc1OC(C)C. The van der Waals surface area contributed by atoms with Crippen molar-refractivity contribution in [2.45, 2.75) is 45.3 Å². The van der Waals surface area contributed by atoms with E-state index in [0.29, 0.717) is 6.04 Å². The van der Waals surface area contributed by atoms with Crippen molar-refractivity contribution in [2.24, 2.45) is 0 Å². The summed E-state index contributed by atoms with van der Waals surface area (Å²) in [7, 11) is 2.03. The molecule has 1 unspecified atom stereocenters. The average Bonchev–Trinajstić information content (AvgIpc) is 2.97. The average molecular weight is 303 g/mol. The zero-order valence-corrected chi connectivity index (χ0v) is 14.0. The third kappa shape index (κ3) is 4.87. The van der Waals surface area contributed by atoms with E-state index in [1.807, 2.05) is 24.5 Å². The molecular weight excluding hydrogens is 278 g/mol. The van der Waals surface area contributed by atoms with E-state index in [4.69, 9.17) is 4.74 Å². The largest absolute Gasteiger partial charge is 0.491 e. The zero-order chi connectivity index (χ0) is 15.1. The number of hydrogen-bond acceptors (Lipinski definition) is 3. The highest BCUT2D eigenvalue weighted by Gasteiger charge is 2.14. The monoisotopic (exact) mass is 303 g/mol. The van der Waals surface area contributed by atoms with E-state index in [-0.39, 0.29) is 6.10 Å². The van der Waals surface area contributed by atoms with E-state index >= 15 is 0 Å².